The van der Waals surface area contributed by atoms with E-state index in [0.29, 0.717) is 0 Å². The first-order valence-corrected chi connectivity index (χ1v) is 11.3. The first-order valence-electron chi connectivity index (χ1n) is 8.04. The molecule has 0 amide bonds. The minimum atomic E-state index is -4.94. The zero-order valence-electron chi connectivity index (χ0n) is 14.3. The fourth-order valence-electron chi connectivity index (χ4n) is 3.04. The van der Waals surface area contributed by atoms with Crippen LogP contribution in [0.1, 0.15) is 6.92 Å². The van der Waals surface area contributed by atoms with E-state index in [1.54, 1.807) is 0 Å². The van der Waals surface area contributed by atoms with Crippen LogP contribution in [0.5, 0.6) is 0 Å². The van der Waals surface area contributed by atoms with Crippen LogP contribution in [-0.2, 0) is 0 Å². The quantitative estimate of drug-likeness (QED) is 0.548. The van der Waals surface area contributed by atoms with Crippen LogP contribution >= 0.6 is 7.26 Å². The van der Waals surface area contributed by atoms with Crippen molar-refractivity contribution in [3.05, 3.63) is 91.0 Å². The van der Waals surface area contributed by atoms with Crippen LogP contribution in [0.3, 0.4) is 0 Å². The van der Waals surface area contributed by atoms with Crippen molar-refractivity contribution >= 4 is 23.2 Å². The lowest BCUT2D eigenvalue weighted by molar-refractivity contribution is -2.00. The van der Waals surface area contributed by atoms with Crippen molar-refractivity contribution in [3.63, 3.8) is 0 Å². The van der Waals surface area contributed by atoms with Gasteiger partial charge in [0.15, 0.2) is 0 Å². The molecule has 4 nitrogen and oxygen atoms in total. The predicted octanol–water partition coefficient (Wildman–Crippen LogP) is -0.756. The molecule has 3 aromatic rings. The van der Waals surface area contributed by atoms with Crippen molar-refractivity contribution in [2.75, 3.05) is 6.16 Å². The smallest absolute Gasteiger partial charge is 0.111 e. The molecule has 0 unspecified atom stereocenters. The van der Waals surface area contributed by atoms with Gasteiger partial charge in [0.25, 0.3) is 0 Å². The SMILES string of the molecule is CC[P+](c1ccccc1)(c1ccccc1)c1ccccc1.[O-][Cl+3]([O-])([O-])[O-]. The molecule has 3 rings (SSSR count). The van der Waals surface area contributed by atoms with Crippen LogP contribution in [0.15, 0.2) is 91.0 Å². The van der Waals surface area contributed by atoms with Gasteiger partial charge in [0.05, 0.1) is 6.16 Å². The Bertz CT molecular complexity index is 675. The molecule has 0 aliphatic heterocycles. The highest BCUT2D eigenvalue weighted by Crippen LogP contribution is 2.54. The van der Waals surface area contributed by atoms with E-state index in [1.807, 2.05) is 0 Å². The van der Waals surface area contributed by atoms with Crippen molar-refractivity contribution < 1.29 is 28.9 Å². The second-order valence-electron chi connectivity index (χ2n) is 5.51. The van der Waals surface area contributed by atoms with Gasteiger partial charge in [-0.05, 0) is 43.3 Å². The molecule has 0 atom stereocenters. The Labute approximate surface area is 156 Å². The summed E-state index contributed by atoms with van der Waals surface area (Å²) in [4.78, 5) is 0. The summed E-state index contributed by atoms with van der Waals surface area (Å²) in [7, 11) is -6.48. The minimum absolute atomic E-state index is 1.14. The molecular formula is C20H20ClO4P. The summed E-state index contributed by atoms with van der Waals surface area (Å²) in [5.74, 6) is 0. The van der Waals surface area contributed by atoms with Crippen molar-refractivity contribution in [2.45, 2.75) is 6.92 Å². The minimum Gasteiger partial charge on any atom is -0.222 e. The van der Waals surface area contributed by atoms with Gasteiger partial charge >= 0.3 is 0 Å². The summed E-state index contributed by atoms with van der Waals surface area (Å²) in [6.07, 6.45) is 1.14. The highest BCUT2D eigenvalue weighted by molar-refractivity contribution is 7.95. The van der Waals surface area contributed by atoms with E-state index >= 15 is 0 Å². The number of benzene rings is 3. The molecule has 0 fully saturated rings. The van der Waals surface area contributed by atoms with Gasteiger partial charge in [-0.3, -0.25) is 0 Å². The third kappa shape index (κ3) is 5.36. The van der Waals surface area contributed by atoms with E-state index in [0.717, 1.165) is 6.16 Å². The Balaban J connectivity index is 0.000000431. The van der Waals surface area contributed by atoms with Crippen molar-refractivity contribution in [1.82, 2.24) is 0 Å². The molecule has 0 saturated carbocycles. The Morgan fingerprint density at radius 3 is 1.00 bits per heavy atom. The molecule has 0 aromatic heterocycles. The lowest BCUT2D eigenvalue weighted by atomic mass is 10.4. The van der Waals surface area contributed by atoms with Crippen molar-refractivity contribution in [3.8, 4) is 0 Å². The lowest BCUT2D eigenvalue weighted by Crippen LogP contribution is -2.68. The van der Waals surface area contributed by atoms with Crippen LogP contribution in [0, 0.1) is 10.2 Å². The van der Waals surface area contributed by atoms with E-state index in [9.17, 15) is 0 Å². The van der Waals surface area contributed by atoms with Gasteiger partial charge in [-0.2, -0.15) is 0 Å². The molecule has 3 aromatic carbocycles. The summed E-state index contributed by atoms with van der Waals surface area (Å²) in [5, 5.41) is 4.39. The fraction of sp³-hybridized carbons (Fsp3) is 0.100. The highest BCUT2D eigenvalue weighted by Gasteiger charge is 2.43. The van der Waals surface area contributed by atoms with Crippen LogP contribution in [0.2, 0.25) is 0 Å². The maximum atomic E-state index is 8.49. The predicted molar refractivity (Wildman–Crippen MR) is 95.7 cm³/mol. The number of hydrogen-bond donors (Lipinski definition) is 0. The summed E-state index contributed by atoms with van der Waals surface area (Å²) in [5.41, 5.74) is 0. The maximum absolute atomic E-state index is 8.49. The van der Waals surface area contributed by atoms with Crippen LogP contribution in [-0.4, -0.2) is 6.16 Å². The van der Waals surface area contributed by atoms with Gasteiger partial charge in [-0.25, -0.2) is 18.6 Å². The molecule has 0 bridgehead atoms. The molecule has 0 radical (unpaired) electrons. The number of rotatable bonds is 4. The van der Waals surface area contributed by atoms with Gasteiger partial charge in [0, 0.05) is 0 Å². The summed E-state index contributed by atoms with van der Waals surface area (Å²) in [6.45, 7) is 2.32. The zero-order chi connectivity index (χ0) is 19.0. The summed E-state index contributed by atoms with van der Waals surface area (Å²) < 4.78 is 34.0. The van der Waals surface area contributed by atoms with E-state index < -0.39 is 17.5 Å². The van der Waals surface area contributed by atoms with Gasteiger partial charge in [0.2, 0.25) is 0 Å². The van der Waals surface area contributed by atoms with E-state index in [1.165, 1.54) is 15.9 Å². The third-order valence-electron chi connectivity index (χ3n) is 4.07. The Morgan fingerprint density at radius 2 is 0.808 bits per heavy atom. The third-order valence-corrected chi connectivity index (χ3v) is 8.55. The van der Waals surface area contributed by atoms with Crippen molar-refractivity contribution in [2.24, 2.45) is 0 Å². The second kappa shape index (κ2) is 9.24. The second-order valence-corrected chi connectivity index (χ2v) is 10.1. The average Bonchev–Trinajstić information content (AvgIpc) is 2.64. The Hall–Kier alpha value is -1.78. The topological polar surface area (TPSA) is 92.2 Å². The first kappa shape index (κ1) is 20.5. The molecule has 0 aliphatic carbocycles. The van der Waals surface area contributed by atoms with Gasteiger partial charge in [-0.1, -0.05) is 54.6 Å². The molecule has 136 valence electrons. The average molecular weight is 391 g/mol. The normalized spacial score (nSPS) is 11.4. The fourth-order valence-corrected chi connectivity index (χ4v) is 7.08. The summed E-state index contributed by atoms with van der Waals surface area (Å²) in [6, 6.07) is 33.0. The van der Waals surface area contributed by atoms with Crippen molar-refractivity contribution in [1.29, 1.82) is 0 Å². The standard InChI is InChI=1S/C20H20P.ClHO4/c1-2-21(18-12-6-3-7-13-18,19-14-8-4-9-15-19)20-16-10-5-11-17-20;2-1(3,4)5/h3-17H,2H2,1H3;(H,2,3,4,5)/q+1;/p-1. The largest absolute Gasteiger partial charge is 0.222 e. The van der Waals surface area contributed by atoms with E-state index in [-0.39, 0.29) is 0 Å². The van der Waals surface area contributed by atoms with E-state index in [4.69, 9.17) is 18.6 Å². The Kier molecular flexibility index (Phi) is 7.30. The van der Waals surface area contributed by atoms with Crippen LogP contribution in [0.4, 0.5) is 0 Å². The van der Waals surface area contributed by atoms with Gasteiger partial charge in [0.1, 0.15) is 23.2 Å². The molecule has 0 spiro atoms. The number of halogens is 1. The molecule has 26 heavy (non-hydrogen) atoms. The summed E-state index contributed by atoms with van der Waals surface area (Å²) >= 11 is 0. The molecule has 0 heterocycles. The molecule has 0 N–H and O–H groups in total. The molecular weight excluding hydrogens is 371 g/mol. The zero-order valence-corrected chi connectivity index (χ0v) is 16.0. The molecule has 6 heteroatoms. The molecule has 0 saturated heterocycles. The maximum Gasteiger partial charge on any atom is 0.111 e. The van der Waals surface area contributed by atoms with E-state index in [2.05, 4.69) is 97.9 Å². The first-order chi connectivity index (χ1) is 12.4. The van der Waals surface area contributed by atoms with Crippen LogP contribution < -0.4 is 34.5 Å². The Morgan fingerprint density at radius 1 is 0.577 bits per heavy atom. The molecule has 0 aliphatic rings. The number of hydrogen-bond acceptors (Lipinski definition) is 4. The van der Waals surface area contributed by atoms with Crippen LogP contribution in [0.25, 0.3) is 0 Å². The lowest BCUT2D eigenvalue weighted by Gasteiger charge is -2.26. The van der Waals surface area contributed by atoms with Gasteiger partial charge < -0.3 is 0 Å². The highest BCUT2D eigenvalue weighted by atomic mass is 35.7. The monoisotopic (exact) mass is 390 g/mol. The van der Waals surface area contributed by atoms with Gasteiger partial charge in [-0.15, -0.1) is 10.2 Å².